The van der Waals surface area contributed by atoms with Crippen LogP contribution in [0.15, 0.2) is 40.2 Å². The number of benzene rings is 1. The number of carbonyl (C=O) groups is 1. The van der Waals surface area contributed by atoms with Gasteiger partial charge >= 0.3 is 0 Å². The predicted octanol–water partition coefficient (Wildman–Crippen LogP) is 3.55. The van der Waals surface area contributed by atoms with Crippen molar-refractivity contribution in [3.05, 3.63) is 45.1 Å². The molecule has 0 radical (unpaired) electrons. The zero-order chi connectivity index (χ0) is 15.4. The van der Waals surface area contributed by atoms with E-state index in [-0.39, 0.29) is 11.9 Å². The lowest BCUT2D eigenvalue weighted by Crippen LogP contribution is -2.39. The van der Waals surface area contributed by atoms with Crippen LogP contribution in [0.1, 0.15) is 11.8 Å². The fourth-order valence-corrected chi connectivity index (χ4v) is 3.40. The fourth-order valence-electron chi connectivity index (χ4n) is 1.88. The first-order chi connectivity index (χ1) is 9.95. The molecule has 0 saturated carbocycles. The van der Waals surface area contributed by atoms with Gasteiger partial charge in [0.1, 0.15) is 0 Å². The average molecular weight is 368 g/mol. The first-order valence-electron chi connectivity index (χ1n) is 6.55. The highest BCUT2D eigenvalue weighted by Crippen LogP contribution is 2.21. The second-order valence-electron chi connectivity index (χ2n) is 4.94. The molecular formula is C15H18BrN3OS. The number of likely N-dealkylation sites (N-methyl/N-ethyl adjacent to an activating group) is 1. The minimum atomic E-state index is -0.229. The van der Waals surface area contributed by atoms with Crippen molar-refractivity contribution in [1.29, 1.82) is 0 Å². The molecule has 1 amide bonds. The molecule has 1 aromatic carbocycles. The quantitative estimate of drug-likeness (QED) is 0.794. The molecule has 3 N–H and O–H groups in total. The number of thiophene rings is 1. The minimum absolute atomic E-state index is 0.0429. The average Bonchev–Trinajstić information content (AvgIpc) is 2.83. The molecule has 0 aliphatic carbocycles. The van der Waals surface area contributed by atoms with Crippen LogP contribution in [0.3, 0.4) is 0 Å². The highest BCUT2D eigenvalue weighted by molar-refractivity contribution is 9.10. The van der Waals surface area contributed by atoms with Gasteiger partial charge in [-0.3, -0.25) is 9.69 Å². The van der Waals surface area contributed by atoms with Crippen LogP contribution in [0.5, 0.6) is 0 Å². The number of nitrogens with one attached hydrogen (secondary N) is 1. The van der Waals surface area contributed by atoms with E-state index in [1.54, 1.807) is 23.5 Å². The van der Waals surface area contributed by atoms with Crippen LogP contribution in [0.2, 0.25) is 0 Å². The molecule has 1 heterocycles. The predicted molar refractivity (Wildman–Crippen MR) is 92.4 cm³/mol. The molecule has 0 bridgehead atoms. The largest absolute Gasteiger partial charge is 0.399 e. The second kappa shape index (κ2) is 7.06. The molecule has 2 rings (SSSR count). The van der Waals surface area contributed by atoms with Crippen LogP contribution < -0.4 is 11.1 Å². The molecular weight excluding hydrogens is 350 g/mol. The maximum absolute atomic E-state index is 12.3. The van der Waals surface area contributed by atoms with Crippen LogP contribution >= 0.6 is 27.3 Å². The van der Waals surface area contributed by atoms with Crippen LogP contribution in [0.25, 0.3) is 0 Å². The Balaban J connectivity index is 1.95. The van der Waals surface area contributed by atoms with Crippen molar-refractivity contribution >= 4 is 44.5 Å². The zero-order valence-electron chi connectivity index (χ0n) is 12.0. The molecule has 112 valence electrons. The SMILES string of the molecule is CC(C(=O)Nc1cccc(N)c1)N(C)Cc1cc(Br)cs1. The fraction of sp³-hybridized carbons (Fsp3) is 0.267. The normalized spacial score (nSPS) is 12.4. The van der Waals surface area contributed by atoms with Crippen molar-refractivity contribution < 1.29 is 4.79 Å². The van der Waals surface area contributed by atoms with Gasteiger partial charge in [-0.05, 0) is 54.2 Å². The summed E-state index contributed by atoms with van der Waals surface area (Å²) in [5, 5.41) is 4.93. The maximum atomic E-state index is 12.3. The van der Waals surface area contributed by atoms with Crippen LogP contribution in [0, 0.1) is 0 Å². The molecule has 1 unspecified atom stereocenters. The summed E-state index contributed by atoms with van der Waals surface area (Å²) < 4.78 is 1.08. The number of hydrogen-bond donors (Lipinski definition) is 2. The lowest BCUT2D eigenvalue weighted by molar-refractivity contribution is -0.120. The number of amides is 1. The number of nitrogen functional groups attached to an aromatic ring is 1. The van der Waals surface area contributed by atoms with Crippen molar-refractivity contribution in [2.75, 3.05) is 18.1 Å². The minimum Gasteiger partial charge on any atom is -0.399 e. The standard InChI is InChI=1S/C15H18BrN3OS/c1-10(19(2)8-14-6-11(16)9-21-14)15(20)18-13-5-3-4-12(17)7-13/h3-7,9-10H,8,17H2,1-2H3,(H,18,20). The Bertz CT molecular complexity index is 629. The highest BCUT2D eigenvalue weighted by atomic mass is 79.9. The van der Waals surface area contributed by atoms with Gasteiger partial charge in [0, 0.05) is 32.6 Å². The van der Waals surface area contributed by atoms with E-state index in [0.29, 0.717) is 5.69 Å². The van der Waals surface area contributed by atoms with Gasteiger partial charge in [0.2, 0.25) is 5.91 Å². The smallest absolute Gasteiger partial charge is 0.241 e. The number of nitrogens with zero attached hydrogens (tertiary/aromatic N) is 1. The Morgan fingerprint density at radius 3 is 2.86 bits per heavy atom. The van der Waals surface area contributed by atoms with E-state index in [1.807, 2.05) is 36.4 Å². The zero-order valence-corrected chi connectivity index (χ0v) is 14.4. The van der Waals surface area contributed by atoms with Crippen molar-refractivity contribution in [2.45, 2.75) is 19.5 Å². The molecule has 1 atom stereocenters. The van der Waals surface area contributed by atoms with Gasteiger partial charge in [-0.25, -0.2) is 0 Å². The summed E-state index contributed by atoms with van der Waals surface area (Å²) in [4.78, 5) is 15.5. The lowest BCUT2D eigenvalue weighted by atomic mass is 10.2. The third-order valence-electron chi connectivity index (χ3n) is 3.22. The number of halogens is 1. The van der Waals surface area contributed by atoms with Crippen molar-refractivity contribution in [3.8, 4) is 0 Å². The van der Waals surface area contributed by atoms with E-state index in [4.69, 9.17) is 5.73 Å². The Hall–Kier alpha value is -1.37. The molecule has 0 spiro atoms. The summed E-state index contributed by atoms with van der Waals surface area (Å²) >= 11 is 5.12. The molecule has 0 fully saturated rings. The highest BCUT2D eigenvalue weighted by Gasteiger charge is 2.18. The monoisotopic (exact) mass is 367 g/mol. The van der Waals surface area contributed by atoms with Crippen molar-refractivity contribution in [3.63, 3.8) is 0 Å². The summed E-state index contributed by atoms with van der Waals surface area (Å²) in [6.45, 7) is 2.63. The van der Waals surface area contributed by atoms with Gasteiger partial charge < -0.3 is 11.1 Å². The van der Waals surface area contributed by atoms with E-state index >= 15 is 0 Å². The van der Waals surface area contributed by atoms with E-state index in [9.17, 15) is 4.79 Å². The second-order valence-corrected chi connectivity index (χ2v) is 6.85. The summed E-state index contributed by atoms with van der Waals surface area (Å²) in [6, 6.07) is 9.04. The Kier molecular flexibility index (Phi) is 5.39. The number of anilines is 2. The van der Waals surface area contributed by atoms with Gasteiger partial charge in [0.25, 0.3) is 0 Å². The summed E-state index contributed by atoms with van der Waals surface area (Å²) in [7, 11) is 1.94. The molecule has 1 aromatic heterocycles. The number of hydrogen-bond acceptors (Lipinski definition) is 4. The van der Waals surface area contributed by atoms with E-state index in [2.05, 4.69) is 27.3 Å². The van der Waals surface area contributed by atoms with Crippen molar-refractivity contribution in [1.82, 2.24) is 4.90 Å². The van der Waals surface area contributed by atoms with Gasteiger partial charge in [0.15, 0.2) is 0 Å². The molecule has 0 saturated heterocycles. The number of carbonyl (C=O) groups excluding carboxylic acids is 1. The van der Waals surface area contributed by atoms with Crippen LogP contribution in [-0.2, 0) is 11.3 Å². The Morgan fingerprint density at radius 2 is 2.24 bits per heavy atom. The maximum Gasteiger partial charge on any atom is 0.241 e. The molecule has 2 aromatic rings. The number of rotatable bonds is 5. The molecule has 21 heavy (non-hydrogen) atoms. The first kappa shape index (κ1) is 16.0. The molecule has 4 nitrogen and oxygen atoms in total. The van der Waals surface area contributed by atoms with Crippen LogP contribution in [0.4, 0.5) is 11.4 Å². The molecule has 0 aliphatic heterocycles. The third kappa shape index (κ3) is 4.56. The first-order valence-corrected chi connectivity index (χ1v) is 8.22. The van der Waals surface area contributed by atoms with Gasteiger partial charge in [-0.15, -0.1) is 11.3 Å². The number of nitrogens with two attached hydrogens (primary N) is 1. The third-order valence-corrected chi connectivity index (χ3v) is 4.90. The lowest BCUT2D eigenvalue weighted by Gasteiger charge is -2.23. The summed E-state index contributed by atoms with van der Waals surface area (Å²) in [5.74, 6) is -0.0429. The van der Waals surface area contributed by atoms with Crippen LogP contribution in [-0.4, -0.2) is 23.9 Å². The Morgan fingerprint density at radius 1 is 1.48 bits per heavy atom. The topological polar surface area (TPSA) is 58.4 Å². The molecule has 0 aliphatic rings. The van der Waals surface area contributed by atoms with Gasteiger partial charge in [0.05, 0.1) is 6.04 Å². The van der Waals surface area contributed by atoms with E-state index in [1.165, 1.54) is 4.88 Å². The summed E-state index contributed by atoms with van der Waals surface area (Å²) in [5.41, 5.74) is 7.07. The van der Waals surface area contributed by atoms with Crippen molar-refractivity contribution in [2.24, 2.45) is 0 Å². The molecule has 6 heteroatoms. The van der Waals surface area contributed by atoms with E-state index < -0.39 is 0 Å². The Labute approximate surface area is 137 Å². The summed E-state index contributed by atoms with van der Waals surface area (Å²) in [6.07, 6.45) is 0. The van der Waals surface area contributed by atoms with Gasteiger partial charge in [-0.1, -0.05) is 6.07 Å². The van der Waals surface area contributed by atoms with Gasteiger partial charge in [-0.2, -0.15) is 0 Å². The van der Waals surface area contributed by atoms with E-state index in [0.717, 1.165) is 16.7 Å².